The minimum absolute atomic E-state index is 0.560. The third-order valence-corrected chi connectivity index (χ3v) is 4.68. The molecular formula is C16H26N2O. The van der Waals surface area contributed by atoms with Crippen molar-refractivity contribution in [3.8, 4) is 0 Å². The van der Waals surface area contributed by atoms with Gasteiger partial charge in [-0.2, -0.15) is 0 Å². The van der Waals surface area contributed by atoms with E-state index in [-0.39, 0.29) is 0 Å². The van der Waals surface area contributed by atoms with Crippen molar-refractivity contribution in [2.75, 3.05) is 13.1 Å². The summed E-state index contributed by atoms with van der Waals surface area (Å²) >= 11 is 0. The molecule has 2 heterocycles. The van der Waals surface area contributed by atoms with E-state index in [2.05, 4.69) is 30.1 Å². The summed E-state index contributed by atoms with van der Waals surface area (Å²) in [7, 11) is 0. The molecule has 106 valence electrons. The molecule has 0 aromatic carbocycles. The molecule has 0 radical (unpaired) electrons. The minimum Gasteiger partial charge on any atom is -0.469 e. The highest BCUT2D eigenvalue weighted by Crippen LogP contribution is 2.36. The van der Waals surface area contributed by atoms with Gasteiger partial charge in [0.15, 0.2) is 0 Å². The van der Waals surface area contributed by atoms with Crippen LogP contribution in [0, 0.1) is 0 Å². The van der Waals surface area contributed by atoms with Crippen molar-refractivity contribution >= 4 is 0 Å². The lowest BCUT2D eigenvalue weighted by Gasteiger charge is -2.38. The third kappa shape index (κ3) is 2.72. The standard InChI is InChI=1S/C16H26N2O/c1-12(2)18(11-13-5-4-9-17-13)15-6-3-7-16-14(15)8-10-19-16/h8,10,12-13,15,17H,3-7,9,11H2,1-2H3. The first-order valence-corrected chi connectivity index (χ1v) is 7.81. The van der Waals surface area contributed by atoms with Crippen LogP contribution in [0.2, 0.25) is 0 Å². The maximum Gasteiger partial charge on any atom is 0.108 e. The number of furan rings is 1. The van der Waals surface area contributed by atoms with E-state index in [0.29, 0.717) is 18.1 Å². The summed E-state index contributed by atoms with van der Waals surface area (Å²) in [5, 5.41) is 3.63. The van der Waals surface area contributed by atoms with Gasteiger partial charge in [0.05, 0.1) is 6.26 Å². The average molecular weight is 262 g/mol. The highest BCUT2D eigenvalue weighted by molar-refractivity contribution is 5.24. The number of aryl methyl sites for hydroxylation is 1. The van der Waals surface area contributed by atoms with Gasteiger partial charge < -0.3 is 9.73 Å². The summed E-state index contributed by atoms with van der Waals surface area (Å²) in [6, 6.07) is 4.02. The van der Waals surface area contributed by atoms with E-state index in [0.717, 1.165) is 6.42 Å². The van der Waals surface area contributed by atoms with E-state index in [1.807, 2.05) is 6.26 Å². The van der Waals surface area contributed by atoms with Crippen LogP contribution >= 0.6 is 0 Å². The molecular weight excluding hydrogens is 236 g/mol. The van der Waals surface area contributed by atoms with E-state index in [4.69, 9.17) is 4.42 Å². The fourth-order valence-electron chi connectivity index (χ4n) is 3.67. The zero-order valence-corrected chi connectivity index (χ0v) is 12.2. The largest absolute Gasteiger partial charge is 0.469 e. The lowest BCUT2D eigenvalue weighted by molar-refractivity contribution is 0.123. The molecule has 2 aliphatic rings. The molecule has 0 saturated carbocycles. The smallest absolute Gasteiger partial charge is 0.108 e. The Labute approximate surface area is 116 Å². The number of hydrogen-bond donors (Lipinski definition) is 1. The number of nitrogens with one attached hydrogen (secondary N) is 1. The summed E-state index contributed by atoms with van der Waals surface area (Å²) < 4.78 is 5.64. The van der Waals surface area contributed by atoms with Crippen molar-refractivity contribution in [1.82, 2.24) is 10.2 Å². The molecule has 2 unspecified atom stereocenters. The van der Waals surface area contributed by atoms with Crippen LogP contribution in [0.3, 0.4) is 0 Å². The van der Waals surface area contributed by atoms with E-state index in [9.17, 15) is 0 Å². The SMILES string of the molecule is CC(C)N(CC1CCCN1)C1CCCc2occc21. The van der Waals surface area contributed by atoms with Crippen LogP contribution in [0.1, 0.15) is 56.9 Å². The van der Waals surface area contributed by atoms with Crippen LogP contribution in [0.4, 0.5) is 0 Å². The molecule has 1 aliphatic carbocycles. The molecule has 0 amide bonds. The van der Waals surface area contributed by atoms with Crippen LogP contribution in [-0.2, 0) is 6.42 Å². The summed E-state index contributed by atoms with van der Waals surface area (Å²) in [5.74, 6) is 1.22. The molecule has 1 aliphatic heterocycles. The van der Waals surface area contributed by atoms with Gasteiger partial charge in [0.1, 0.15) is 5.76 Å². The Morgan fingerprint density at radius 3 is 3.00 bits per heavy atom. The third-order valence-electron chi connectivity index (χ3n) is 4.68. The first kappa shape index (κ1) is 13.2. The molecule has 3 heteroatoms. The summed E-state index contributed by atoms with van der Waals surface area (Å²) in [4.78, 5) is 2.68. The Morgan fingerprint density at radius 1 is 1.37 bits per heavy atom. The van der Waals surface area contributed by atoms with Gasteiger partial charge in [-0.1, -0.05) is 0 Å². The number of rotatable bonds is 4. The second-order valence-electron chi connectivity index (χ2n) is 6.29. The molecule has 2 atom stereocenters. The molecule has 1 N–H and O–H groups in total. The van der Waals surface area contributed by atoms with Gasteiger partial charge in [-0.05, 0) is 52.1 Å². The van der Waals surface area contributed by atoms with Crippen molar-refractivity contribution in [2.24, 2.45) is 0 Å². The fraction of sp³-hybridized carbons (Fsp3) is 0.750. The maximum atomic E-state index is 5.64. The maximum absolute atomic E-state index is 5.64. The minimum atomic E-state index is 0.560. The zero-order chi connectivity index (χ0) is 13.2. The van der Waals surface area contributed by atoms with Crippen molar-refractivity contribution in [3.05, 3.63) is 23.7 Å². The quantitative estimate of drug-likeness (QED) is 0.903. The van der Waals surface area contributed by atoms with Gasteiger partial charge in [0.2, 0.25) is 0 Å². The first-order valence-electron chi connectivity index (χ1n) is 7.81. The van der Waals surface area contributed by atoms with Crippen molar-refractivity contribution in [2.45, 2.75) is 64.1 Å². The average Bonchev–Trinajstić information content (AvgIpc) is 3.06. The van der Waals surface area contributed by atoms with Crippen LogP contribution in [0.15, 0.2) is 16.7 Å². The van der Waals surface area contributed by atoms with Gasteiger partial charge in [0.25, 0.3) is 0 Å². The molecule has 3 rings (SSSR count). The summed E-state index contributed by atoms with van der Waals surface area (Å²) in [6.07, 6.45) is 8.18. The van der Waals surface area contributed by atoms with Crippen molar-refractivity contribution < 1.29 is 4.42 Å². The first-order chi connectivity index (χ1) is 9.25. The highest BCUT2D eigenvalue weighted by Gasteiger charge is 2.31. The zero-order valence-electron chi connectivity index (χ0n) is 12.2. The molecule has 3 nitrogen and oxygen atoms in total. The van der Waals surface area contributed by atoms with Crippen LogP contribution in [-0.4, -0.2) is 30.1 Å². The molecule has 1 aromatic rings. The lowest BCUT2D eigenvalue weighted by Crippen LogP contribution is -2.44. The Balaban J connectivity index is 1.77. The lowest BCUT2D eigenvalue weighted by atomic mass is 9.91. The topological polar surface area (TPSA) is 28.4 Å². The van der Waals surface area contributed by atoms with Crippen molar-refractivity contribution in [1.29, 1.82) is 0 Å². The van der Waals surface area contributed by atoms with Crippen LogP contribution in [0.5, 0.6) is 0 Å². The van der Waals surface area contributed by atoms with E-state index >= 15 is 0 Å². The van der Waals surface area contributed by atoms with E-state index < -0.39 is 0 Å². The Hall–Kier alpha value is -0.800. The number of hydrogen-bond acceptors (Lipinski definition) is 3. The number of fused-ring (bicyclic) bond motifs is 1. The molecule has 1 fully saturated rings. The van der Waals surface area contributed by atoms with Gasteiger partial charge >= 0.3 is 0 Å². The van der Waals surface area contributed by atoms with Gasteiger partial charge in [-0.3, -0.25) is 4.90 Å². The number of nitrogens with zero attached hydrogens (tertiary/aromatic N) is 1. The fourth-order valence-corrected chi connectivity index (χ4v) is 3.67. The van der Waals surface area contributed by atoms with Gasteiger partial charge in [0, 0.05) is 36.7 Å². The van der Waals surface area contributed by atoms with E-state index in [1.165, 1.54) is 50.1 Å². The second-order valence-corrected chi connectivity index (χ2v) is 6.29. The van der Waals surface area contributed by atoms with E-state index in [1.54, 1.807) is 0 Å². The molecule has 1 aromatic heterocycles. The van der Waals surface area contributed by atoms with Gasteiger partial charge in [-0.25, -0.2) is 0 Å². The monoisotopic (exact) mass is 262 g/mol. The summed E-state index contributed by atoms with van der Waals surface area (Å²) in [6.45, 7) is 7.01. The highest BCUT2D eigenvalue weighted by atomic mass is 16.3. The molecule has 19 heavy (non-hydrogen) atoms. The normalized spacial score (nSPS) is 27.2. The molecule has 0 bridgehead atoms. The predicted molar refractivity (Wildman–Crippen MR) is 77.3 cm³/mol. The summed E-state index contributed by atoms with van der Waals surface area (Å²) in [5.41, 5.74) is 1.44. The predicted octanol–water partition coefficient (Wildman–Crippen LogP) is 3.12. The Kier molecular flexibility index (Phi) is 3.94. The Morgan fingerprint density at radius 2 is 2.26 bits per heavy atom. The second kappa shape index (κ2) is 5.68. The Bertz CT molecular complexity index is 407. The van der Waals surface area contributed by atoms with Crippen LogP contribution < -0.4 is 5.32 Å². The van der Waals surface area contributed by atoms with Crippen LogP contribution in [0.25, 0.3) is 0 Å². The van der Waals surface area contributed by atoms with Crippen molar-refractivity contribution in [3.63, 3.8) is 0 Å². The molecule has 1 saturated heterocycles. The molecule has 0 spiro atoms. The van der Waals surface area contributed by atoms with Gasteiger partial charge in [-0.15, -0.1) is 0 Å².